The molecule has 1 amide bonds. The molecule has 150 valence electrons. The quantitative estimate of drug-likeness (QED) is 0.491. The summed E-state index contributed by atoms with van der Waals surface area (Å²) in [5.74, 6) is -0.158. The van der Waals surface area contributed by atoms with Crippen LogP contribution < -0.4 is 5.32 Å². The van der Waals surface area contributed by atoms with Crippen molar-refractivity contribution in [2.45, 2.75) is 17.7 Å². The summed E-state index contributed by atoms with van der Waals surface area (Å²) in [6.07, 6.45) is 0.119. The van der Waals surface area contributed by atoms with Crippen LogP contribution in [0.25, 0.3) is 0 Å². The number of ether oxygens (including phenoxy) is 1. The summed E-state index contributed by atoms with van der Waals surface area (Å²) in [6.45, 7) is 0. The summed E-state index contributed by atoms with van der Waals surface area (Å²) in [4.78, 5) is 25.4. The van der Waals surface area contributed by atoms with Crippen molar-refractivity contribution in [3.8, 4) is 0 Å². The largest absolute Gasteiger partial charge is 0.469 e. The molecule has 4 nitrogen and oxygen atoms in total. The molecule has 0 saturated carbocycles. The van der Waals surface area contributed by atoms with Gasteiger partial charge in [-0.05, 0) is 22.6 Å². The highest BCUT2D eigenvalue weighted by Crippen LogP contribution is 2.35. The molecule has 6 heteroatoms. The van der Waals surface area contributed by atoms with Gasteiger partial charge in [0.1, 0.15) is 0 Å². The first-order valence-electron chi connectivity index (χ1n) is 9.28. The molecular weight excluding hydrogens is 402 g/mol. The number of rotatable bonds is 9. The number of esters is 1. The van der Waals surface area contributed by atoms with E-state index in [1.807, 2.05) is 53.9 Å². The molecule has 29 heavy (non-hydrogen) atoms. The zero-order valence-corrected chi connectivity index (χ0v) is 17.7. The molecule has 0 aliphatic heterocycles. The maximum absolute atomic E-state index is 12.7. The van der Waals surface area contributed by atoms with Crippen molar-refractivity contribution in [2.24, 2.45) is 0 Å². The molecule has 0 aliphatic rings. The molecule has 3 rings (SSSR count). The van der Waals surface area contributed by atoms with Gasteiger partial charge in [-0.3, -0.25) is 9.59 Å². The fourth-order valence-electron chi connectivity index (χ4n) is 3.00. The van der Waals surface area contributed by atoms with Gasteiger partial charge in [0.15, 0.2) is 0 Å². The lowest BCUT2D eigenvalue weighted by molar-refractivity contribution is -0.141. The second kappa shape index (κ2) is 10.8. The van der Waals surface area contributed by atoms with E-state index < -0.39 is 0 Å². The SMILES string of the molecule is COC(=O)CC(NC(=O)CSC(c1ccccc1)c1ccccc1)c1cccs1. The standard InChI is InChI=1S/C23H23NO3S2/c1-27-22(26)15-19(20-13-8-14-28-20)24-21(25)16-29-23(17-9-4-2-5-10-17)18-11-6-3-7-12-18/h2-14,19,23H,15-16H2,1H3,(H,24,25). The topological polar surface area (TPSA) is 55.4 Å². The van der Waals surface area contributed by atoms with Gasteiger partial charge >= 0.3 is 5.97 Å². The van der Waals surface area contributed by atoms with Gasteiger partial charge in [0.2, 0.25) is 5.91 Å². The van der Waals surface area contributed by atoms with Gasteiger partial charge in [0.05, 0.1) is 30.6 Å². The molecule has 0 spiro atoms. The normalized spacial score (nSPS) is 11.8. The second-order valence-corrected chi connectivity index (χ2v) is 8.50. The Labute approximate surface area is 179 Å². The minimum absolute atomic E-state index is 0.0592. The number of methoxy groups -OCH3 is 1. The molecule has 0 aliphatic carbocycles. The molecule has 1 aromatic heterocycles. The summed E-state index contributed by atoms with van der Waals surface area (Å²) in [5.41, 5.74) is 2.31. The predicted molar refractivity (Wildman–Crippen MR) is 119 cm³/mol. The fraction of sp³-hybridized carbons (Fsp3) is 0.217. The molecule has 1 unspecified atom stereocenters. The molecule has 2 aromatic carbocycles. The smallest absolute Gasteiger partial charge is 0.307 e. The number of hydrogen-bond donors (Lipinski definition) is 1. The predicted octanol–water partition coefficient (Wildman–Crippen LogP) is 4.99. The Morgan fingerprint density at radius 1 is 0.966 bits per heavy atom. The average molecular weight is 426 g/mol. The fourth-order valence-corrected chi connectivity index (χ4v) is 4.88. The number of thiophene rings is 1. The second-order valence-electron chi connectivity index (χ2n) is 6.43. The van der Waals surface area contributed by atoms with E-state index in [0.717, 1.165) is 16.0 Å². The van der Waals surface area contributed by atoms with Crippen molar-refractivity contribution in [2.75, 3.05) is 12.9 Å². The van der Waals surface area contributed by atoms with Gasteiger partial charge in [-0.1, -0.05) is 66.7 Å². The number of thioether (sulfide) groups is 1. The molecule has 0 fully saturated rings. The molecule has 1 N–H and O–H groups in total. The first kappa shape index (κ1) is 21.1. The minimum atomic E-state index is -0.373. The molecule has 1 atom stereocenters. The minimum Gasteiger partial charge on any atom is -0.469 e. The van der Waals surface area contributed by atoms with Gasteiger partial charge in [0, 0.05) is 4.88 Å². The summed E-state index contributed by atoms with van der Waals surface area (Å²) in [5, 5.41) is 4.98. The van der Waals surface area contributed by atoms with Crippen molar-refractivity contribution in [1.29, 1.82) is 0 Å². The lowest BCUT2D eigenvalue weighted by atomic mass is 10.0. The van der Waals surface area contributed by atoms with E-state index in [-0.39, 0.29) is 35.3 Å². The van der Waals surface area contributed by atoms with E-state index >= 15 is 0 Å². The van der Waals surface area contributed by atoms with Gasteiger partial charge in [0.25, 0.3) is 0 Å². The summed E-state index contributed by atoms with van der Waals surface area (Å²) >= 11 is 3.09. The van der Waals surface area contributed by atoms with Crippen molar-refractivity contribution < 1.29 is 14.3 Å². The number of carbonyl (C=O) groups excluding carboxylic acids is 2. The Kier molecular flexibility index (Phi) is 7.90. The highest BCUT2D eigenvalue weighted by atomic mass is 32.2. The maximum atomic E-state index is 12.7. The third-order valence-electron chi connectivity index (χ3n) is 4.41. The summed E-state index contributed by atoms with van der Waals surface area (Å²) < 4.78 is 4.78. The van der Waals surface area contributed by atoms with Crippen LogP contribution in [0, 0.1) is 0 Å². The monoisotopic (exact) mass is 425 g/mol. The van der Waals surface area contributed by atoms with Crippen LogP contribution in [0.15, 0.2) is 78.2 Å². The molecule has 0 radical (unpaired) electrons. The number of carbonyl (C=O) groups is 2. The Morgan fingerprint density at radius 3 is 2.10 bits per heavy atom. The number of benzene rings is 2. The first-order chi connectivity index (χ1) is 14.2. The number of amides is 1. The van der Waals surface area contributed by atoms with Crippen LogP contribution in [-0.4, -0.2) is 24.7 Å². The molecular formula is C23H23NO3S2. The van der Waals surface area contributed by atoms with Gasteiger partial charge in [-0.15, -0.1) is 23.1 Å². The molecule has 3 aromatic rings. The maximum Gasteiger partial charge on any atom is 0.307 e. The van der Waals surface area contributed by atoms with Crippen LogP contribution in [0.4, 0.5) is 0 Å². The van der Waals surface area contributed by atoms with Crippen molar-refractivity contribution in [3.05, 3.63) is 94.2 Å². The van der Waals surface area contributed by atoms with Crippen LogP contribution >= 0.6 is 23.1 Å². The van der Waals surface area contributed by atoms with Crippen LogP contribution in [0.3, 0.4) is 0 Å². The van der Waals surface area contributed by atoms with E-state index in [1.165, 1.54) is 18.4 Å². The highest BCUT2D eigenvalue weighted by molar-refractivity contribution is 8.00. The van der Waals surface area contributed by atoms with Gasteiger partial charge in [-0.2, -0.15) is 0 Å². The van der Waals surface area contributed by atoms with Gasteiger partial charge < -0.3 is 10.1 Å². The Hall–Kier alpha value is -2.57. The highest BCUT2D eigenvalue weighted by Gasteiger charge is 2.21. The van der Waals surface area contributed by atoms with Crippen molar-refractivity contribution in [1.82, 2.24) is 5.32 Å². The Balaban J connectivity index is 1.68. The van der Waals surface area contributed by atoms with E-state index in [2.05, 4.69) is 29.6 Å². The average Bonchev–Trinajstić information content (AvgIpc) is 3.30. The Bertz CT molecular complexity index is 859. The van der Waals surface area contributed by atoms with E-state index in [1.54, 1.807) is 11.8 Å². The van der Waals surface area contributed by atoms with Crippen LogP contribution in [0.5, 0.6) is 0 Å². The van der Waals surface area contributed by atoms with E-state index in [9.17, 15) is 9.59 Å². The summed E-state index contributed by atoms with van der Waals surface area (Å²) in [6, 6.07) is 23.8. The van der Waals surface area contributed by atoms with Crippen LogP contribution in [-0.2, 0) is 14.3 Å². The lowest BCUT2D eigenvalue weighted by Gasteiger charge is -2.20. The van der Waals surface area contributed by atoms with Crippen LogP contribution in [0.1, 0.15) is 33.7 Å². The van der Waals surface area contributed by atoms with Crippen molar-refractivity contribution >= 4 is 35.0 Å². The number of hydrogen-bond acceptors (Lipinski definition) is 5. The zero-order chi connectivity index (χ0) is 20.5. The first-order valence-corrected chi connectivity index (χ1v) is 11.2. The third kappa shape index (κ3) is 6.21. The molecule has 0 bridgehead atoms. The zero-order valence-electron chi connectivity index (χ0n) is 16.1. The molecule has 0 saturated heterocycles. The Morgan fingerprint density at radius 2 is 1.59 bits per heavy atom. The van der Waals surface area contributed by atoms with Gasteiger partial charge in [-0.25, -0.2) is 0 Å². The van der Waals surface area contributed by atoms with E-state index in [0.29, 0.717) is 0 Å². The number of nitrogens with one attached hydrogen (secondary N) is 1. The summed E-state index contributed by atoms with van der Waals surface area (Å²) in [7, 11) is 1.36. The third-order valence-corrected chi connectivity index (χ3v) is 6.70. The van der Waals surface area contributed by atoms with Crippen molar-refractivity contribution in [3.63, 3.8) is 0 Å². The van der Waals surface area contributed by atoms with E-state index in [4.69, 9.17) is 4.74 Å². The van der Waals surface area contributed by atoms with Crippen LogP contribution in [0.2, 0.25) is 0 Å². The molecule has 1 heterocycles. The lowest BCUT2D eigenvalue weighted by Crippen LogP contribution is -2.31.